The Kier molecular flexibility index (Phi) is 5.24. The molecule has 4 aromatic rings. The van der Waals surface area contributed by atoms with Gasteiger partial charge in [0.2, 0.25) is 5.91 Å². The number of carbonyl (C=O) groups is 1. The summed E-state index contributed by atoms with van der Waals surface area (Å²) in [5.41, 5.74) is 4.30. The molecule has 0 aliphatic carbocycles. The van der Waals surface area contributed by atoms with E-state index in [4.69, 9.17) is 4.98 Å². The van der Waals surface area contributed by atoms with E-state index in [1.807, 2.05) is 29.2 Å². The van der Waals surface area contributed by atoms with Crippen LogP contribution in [0.5, 0.6) is 0 Å². The van der Waals surface area contributed by atoms with Gasteiger partial charge in [-0.25, -0.2) is 9.37 Å². The van der Waals surface area contributed by atoms with E-state index in [-0.39, 0.29) is 17.6 Å². The molecule has 5 rings (SSSR count). The van der Waals surface area contributed by atoms with Gasteiger partial charge in [0.05, 0.1) is 11.0 Å². The summed E-state index contributed by atoms with van der Waals surface area (Å²) >= 11 is 0. The number of carbonyl (C=O) groups excluding carboxylic acids is 1. The number of hydrogen-bond donors (Lipinski definition) is 0. The van der Waals surface area contributed by atoms with Crippen molar-refractivity contribution in [1.82, 2.24) is 14.5 Å². The minimum atomic E-state index is -0.262. The number of imidazole rings is 1. The molecule has 0 unspecified atom stereocenters. The SMILES string of the molecule is O=C1C[C@H](c2nc3ccccc3n2CCc2ccccc2)CN1Cc1ccc(F)cc1. The Bertz CT molecular complexity index is 1200. The monoisotopic (exact) mass is 413 g/mol. The number of fused-ring (bicyclic) bond motifs is 1. The van der Waals surface area contributed by atoms with E-state index in [0.717, 1.165) is 35.4 Å². The van der Waals surface area contributed by atoms with Gasteiger partial charge in [0.1, 0.15) is 11.6 Å². The number of halogens is 1. The molecule has 1 aliphatic rings. The normalized spacial score (nSPS) is 16.4. The van der Waals surface area contributed by atoms with Gasteiger partial charge in [-0.3, -0.25) is 4.79 Å². The molecular weight excluding hydrogens is 389 g/mol. The Morgan fingerprint density at radius 3 is 2.45 bits per heavy atom. The zero-order chi connectivity index (χ0) is 21.2. The van der Waals surface area contributed by atoms with Crippen LogP contribution < -0.4 is 0 Å². The topological polar surface area (TPSA) is 38.1 Å². The fraction of sp³-hybridized carbons (Fsp3) is 0.231. The molecular formula is C26H24FN3O. The van der Waals surface area contributed by atoms with Crippen molar-refractivity contribution in [2.75, 3.05) is 6.54 Å². The van der Waals surface area contributed by atoms with Gasteiger partial charge in [-0.2, -0.15) is 0 Å². The molecule has 5 heteroatoms. The zero-order valence-electron chi connectivity index (χ0n) is 17.2. The van der Waals surface area contributed by atoms with Gasteiger partial charge in [0, 0.05) is 32.0 Å². The summed E-state index contributed by atoms with van der Waals surface area (Å²) in [5.74, 6) is 0.890. The summed E-state index contributed by atoms with van der Waals surface area (Å²) < 4.78 is 15.5. The first kappa shape index (κ1) is 19.5. The zero-order valence-corrected chi connectivity index (χ0v) is 17.2. The molecule has 4 nitrogen and oxygen atoms in total. The maximum absolute atomic E-state index is 13.2. The lowest BCUT2D eigenvalue weighted by molar-refractivity contribution is -0.128. The van der Waals surface area contributed by atoms with Crippen molar-refractivity contribution in [1.29, 1.82) is 0 Å². The van der Waals surface area contributed by atoms with E-state index in [2.05, 4.69) is 34.9 Å². The van der Waals surface area contributed by atoms with Crippen molar-refractivity contribution in [2.24, 2.45) is 0 Å². The first-order valence-electron chi connectivity index (χ1n) is 10.7. The summed E-state index contributed by atoms with van der Waals surface area (Å²) in [6.45, 7) is 1.95. The first-order chi connectivity index (χ1) is 15.2. The number of amides is 1. The second-order valence-electron chi connectivity index (χ2n) is 8.15. The van der Waals surface area contributed by atoms with E-state index >= 15 is 0 Å². The third kappa shape index (κ3) is 4.08. The van der Waals surface area contributed by atoms with Crippen LogP contribution in [0, 0.1) is 5.82 Å². The van der Waals surface area contributed by atoms with E-state index in [0.29, 0.717) is 19.5 Å². The highest BCUT2D eigenvalue weighted by Crippen LogP contribution is 2.31. The van der Waals surface area contributed by atoms with Crippen molar-refractivity contribution in [3.63, 3.8) is 0 Å². The number of para-hydroxylation sites is 2. The van der Waals surface area contributed by atoms with Gasteiger partial charge in [0.25, 0.3) is 0 Å². The molecule has 1 atom stereocenters. The third-order valence-corrected chi connectivity index (χ3v) is 6.02. The molecule has 1 amide bonds. The lowest BCUT2D eigenvalue weighted by Gasteiger charge is -2.17. The van der Waals surface area contributed by atoms with Crippen molar-refractivity contribution < 1.29 is 9.18 Å². The van der Waals surface area contributed by atoms with Crippen LogP contribution in [0.25, 0.3) is 11.0 Å². The largest absolute Gasteiger partial charge is 0.338 e. The van der Waals surface area contributed by atoms with Gasteiger partial charge in [0.15, 0.2) is 0 Å². The standard InChI is InChI=1S/C26H24FN3O/c27-22-12-10-20(11-13-22)17-29-18-21(16-25(29)31)26-28-23-8-4-5-9-24(23)30(26)15-14-19-6-2-1-3-7-19/h1-13,21H,14-18H2/t21-/m0/s1. The van der Waals surface area contributed by atoms with Crippen molar-refractivity contribution in [3.05, 3.63) is 102 Å². The molecule has 1 aliphatic heterocycles. The molecule has 0 saturated carbocycles. The maximum atomic E-state index is 13.2. The number of benzene rings is 3. The van der Waals surface area contributed by atoms with Crippen molar-refractivity contribution in [3.8, 4) is 0 Å². The number of aryl methyl sites for hydroxylation is 2. The Balaban J connectivity index is 1.40. The number of nitrogens with zero attached hydrogens (tertiary/aromatic N) is 3. The molecule has 0 bridgehead atoms. The third-order valence-electron chi connectivity index (χ3n) is 6.02. The van der Waals surface area contributed by atoms with Gasteiger partial charge < -0.3 is 9.47 Å². The smallest absolute Gasteiger partial charge is 0.223 e. The van der Waals surface area contributed by atoms with Gasteiger partial charge in [-0.15, -0.1) is 0 Å². The van der Waals surface area contributed by atoms with Gasteiger partial charge in [-0.1, -0.05) is 54.6 Å². The van der Waals surface area contributed by atoms with Crippen LogP contribution >= 0.6 is 0 Å². The Hall–Kier alpha value is -3.47. The van der Waals surface area contributed by atoms with Gasteiger partial charge in [-0.05, 0) is 41.8 Å². The van der Waals surface area contributed by atoms with E-state index < -0.39 is 0 Å². The second kappa shape index (κ2) is 8.34. The van der Waals surface area contributed by atoms with Crippen LogP contribution in [0.3, 0.4) is 0 Å². The molecule has 31 heavy (non-hydrogen) atoms. The summed E-state index contributed by atoms with van der Waals surface area (Å²) in [5, 5.41) is 0. The number of rotatable bonds is 6. The second-order valence-corrected chi connectivity index (χ2v) is 8.15. The summed E-state index contributed by atoms with van der Waals surface area (Å²) in [7, 11) is 0. The molecule has 1 saturated heterocycles. The van der Waals surface area contributed by atoms with Crippen LogP contribution in [0.1, 0.15) is 29.3 Å². The highest BCUT2D eigenvalue weighted by molar-refractivity contribution is 5.81. The average molecular weight is 413 g/mol. The predicted octanol–water partition coefficient (Wildman–Crippen LogP) is 4.93. The summed E-state index contributed by atoms with van der Waals surface area (Å²) in [6.07, 6.45) is 1.37. The first-order valence-corrected chi connectivity index (χ1v) is 10.7. The molecule has 1 aromatic heterocycles. The van der Waals surface area contributed by atoms with Crippen LogP contribution in [0.15, 0.2) is 78.9 Å². The molecule has 1 fully saturated rings. The molecule has 0 radical (unpaired) electrons. The van der Waals surface area contributed by atoms with E-state index in [9.17, 15) is 9.18 Å². The van der Waals surface area contributed by atoms with Crippen LogP contribution in [-0.4, -0.2) is 26.9 Å². The number of likely N-dealkylation sites (tertiary alicyclic amines) is 1. The average Bonchev–Trinajstić information content (AvgIpc) is 3.35. The maximum Gasteiger partial charge on any atom is 0.223 e. The van der Waals surface area contributed by atoms with Crippen LogP contribution in [-0.2, 0) is 24.3 Å². The Labute approximate surface area is 181 Å². The van der Waals surface area contributed by atoms with Crippen LogP contribution in [0.4, 0.5) is 4.39 Å². The summed E-state index contributed by atoms with van der Waals surface area (Å²) in [6, 6.07) is 25.0. The van der Waals surface area contributed by atoms with Crippen molar-refractivity contribution in [2.45, 2.75) is 31.8 Å². The van der Waals surface area contributed by atoms with E-state index in [1.165, 1.54) is 17.7 Å². The highest BCUT2D eigenvalue weighted by Gasteiger charge is 2.33. The van der Waals surface area contributed by atoms with Crippen LogP contribution in [0.2, 0.25) is 0 Å². The molecule has 156 valence electrons. The summed E-state index contributed by atoms with van der Waals surface area (Å²) in [4.78, 5) is 19.5. The minimum absolute atomic E-state index is 0.0520. The van der Waals surface area contributed by atoms with E-state index in [1.54, 1.807) is 12.1 Å². The minimum Gasteiger partial charge on any atom is -0.338 e. The molecule has 2 heterocycles. The number of aromatic nitrogens is 2. The Morgan fingerprint density at radius 1 is 0.903 bits per heavy atom. The lowest BCUT2D eigenvalue weighted by atomic mass is 10.1. The lowest BCUT2D eigenvalue weighted by Crippen LogP contribution is -2.24. The highest BCUT2D eigenvalue weighted by atomic mass is 19.1. The number of hydrogen-bond acceptors (Lipinski definition) is 2. The molecule has 3 aromatic carbocycles. The van der Waals surface area contributed by atoms with Crippen molar-refractivity contribution >= 4 is 16.9 Å². The predicted molar refractivity (Wildman–Crippen MR) is 119 cm³/mol. The van der Waals surface area contributed by atoms with Gasteiger partial charge >= 0.3 is 0 Å². The fourth-order valence-corrected chi connectivity index (χ4v) is 4.43. The molecule has 0 spiro atoms. The fourth-order valence-electron chi connectivity index (χ4n) is 4.43. The Morgan fingerprint density at radius 2 is 1.65 bits per heavy atom. The molecule has 0 N–H and O–H groups in total. The quantitative estimate of drug-likeness (QED) is 0.449.